The van der Waals surface area contributed by atoms with Crippen molar-refractivity contribution < 1.29 is 9.59 Å². The number of quaternary nitrogens is 1. The molecular weight excluding hydrogens is 454 g/mol. The van der Waals surface area contributed by atoms with E-state index in [1.807, 2.05) is 50.4 Å². The predicted molar refractivity (Wildman–Crippen MR) is 158 cm³/mol. The summed E-state index contributed by atoms with van der Waals surface area (Å²) in [6.07, 6.45) is 16.2. The molecule has 3 rings (SSSR count). The number of phenolic OH excluding ortho intramolecular Hbond substituents is 1. The second-order valence-corrected chi connectivity index (χ2v) is 10.0. The second-order valence-electron chi connectivity index (χ2n) is 10.0. The molecule has 4 nitrogen and oxygen atoms in total. The van der Waals surface area contributed by atoms with Gasteiger partial charge in [0.05, 0.1) is 19.3 Å². The zero-order chi connectivity index (χ0) is 27.0. The Morgan fingerprint density at radius 3 is 2.76 bits per heavy atom. The van der Waals surface area contributed by atoms with Crippen molar-refractivity contribution in [1.29, 1.82) is 0 Å². The van der Waals surface area contributed by atoms with Crippen molar-refractivity contribution in [3.63, 3.8) is 0 Å². The summed E-state index contributed by atoms with van der Waals surface area (Å²) in [4.78, 5) is 4.69. The molecule has 0 bridgehead atoms. The molecule has 2 unspecified atom stereocenters. The number of rotatable bonds is 9. The average molecular weight is 497 g/mol. The summed E-state index contributed by atoms with van der Waals surface area (Å²) >= 11 is 0. The zero-order valence-electron chi connectivity index (χ0n) is 22.9. The molecule has 4 heteroatoms. The molecule has 0 radical (unpaired) electrons. The average Bonchev–Trinajstić information content (AvgIpc) is 3.27. The first-order valence-electron chi connectivity index (χ1n) is 13.3. The number of allylic oxidation sites excluding steroid dienone is 8. The Labute approximate surface area is 223 Å². The third-order valence-electron chi connectivity index (χ3n) is 7.39. The van der Waals surface area contributed by atoms with Crippen LogP contribution in [0.25, 0.3) is 5.57 Å². The Hall–Kier alpha value is -3.59. The molecule has 37 heavy (non-hydrogen) atoms. The second kappa shape index (κ2) is 12.6. The van der Waals surface area contributed by atoms with E-state index in [0.29, 0.717) is 12.1 Å². The van der Waals surface area contributed by atoms with E-state index in [0.717, 1.165) is 70.3 Å². The van der Waals surface area contributed by atoms with Gasteiger partial charge in [-0.1, -0.05) is 62.1 Å². The van der Waals surface area contributed by atoms with Crippen LogP contribution in [0.2, 0.25) is 0 Å². The normalized spacial score (nSPS) is 22.3. The minimum atomic E-state index is 0.189. The maximum atomic E-state index is 10.3. The summed E-state index contributed by atoms with van der Waals surface area (Å²) in [5, 5.41) is 10.3. The van der Waals surface area contributed by atoms with E-state index in [1.54, 1.807) is 6.07 Å². The number of amidine groups is 1. The van der Waals surface area contributed by atoms with Gasteiger partial charge in [-0.05, 0) is 50.5 Å². The highest BCUT2D eigenvalue weighted by atomic mass is 16.3. The van der Waals surface area contributed by atoms with Gasteiger partial charge in [0.25, 0.3) is 0 Å². The summed E-state index contributed by atoms with van der Waals surface area (Å²) in [5.41, 5.74) is 16.1. The molecule has 1 aliphatic carbocycles. The molecule has 0 saturated heterocycles. The number of para-hydroxylation sites is 1. The van der Waals surface area contributed by atoms with Crippen LogP contribution >= 0.6 is 0 Å². The molecular formula is C33H42N3O+. The molecule has 2 atom stereocenters. The first-order chi connectivity index (χ1) is 17.7. The summed E-state index contributed by atoms with van der Waals surface area (Å²) < 4.78 is 0.820. The zero-order valence-corrected chi connectivity index (χ0v) is 22.9. The number of phenols is 1. The van der Waals surface area contributed by atoms with Crippen LogP contribution in [0.15, 0.2) is 113 Å². The third kappa shape index (κ3) is 6.80. The van der Waals surface area contributed by atoms with Gasteiger partial charge in [0, 0.05) is 47.6 Å². The Balaban J connectivity index is 1.88. The number of benzene rings is 1. The van der Waals surface area contributed by atoms with Crippen molar-refractivity contribution in [2.45, 2.75) is 53.4 Å². The van der Waals surface area contributed by atoms with Crippen LogP contribution in [0.4, 0.5) is 0 Å². The molecule has 194 valence electrons. The highest BCUT2D eigenvalue weighted by molar-refractivity contribution is 5.78. The van der Waals surface area contributed by atoms with Crippen molar-refractivity contribution in [3.05, 3.63) is 113 Å². The van der Waals surface area contributed by atoms with Crippen LogP contribution in [0.3, 0.4) is 0 Å². The number of nitrogens with zero attached hydrogens (tertiary/aromatic N) is 2. The fraction of sp³-hybridized carbons (Fsp3) is 0.333. The molecule has 3 N–H and O–H groups in total. The van der Waals surface area contributed by atoms with Gasteiger partial charge in [-0.15, -0.1) is 5.73 Å². The lowest BCUT2D eigenvalue weighted by atomic mass is 9.87. The van der Waals surface area contributed by atoms with E-state index >= 15 is 0 Å². The van der Waals surface area contributed by atoms with Crippen LogP contribution in [-0.4, -0.2) is 28.5 Å². The van der Waals surface area contributed by atoms with E-state index in [9.17, 15) is 5.11 Å². The van der Waals surface area contributed by atoms with E-state index in [-0.39, 0.29) is 11.7 Å². The largest absolute Gasteiger partial charge is 0.507 e. The number of nitrogens with two attached hydrogens (primary N) is 1. The van der Waals surface area contributed by atoms with Gasteiger partial charge in [0.15, 0.2) is 0 Å². The first kappa shape index (κ1) is 28.0. The fourth-order valence-electron chi connectivity index (χ4n) is 4.96. The number of hydrogen-bond donors (Lipinski definition) is 2. The lowest BCUT2D eigenvalue weighted by Crippen LogP contribution is -2.47. The van der Waals surface area contributed by atoms with E-state index in [1.165, 1.54) is 5.84 Å². The SMILES string of the molecule is C=C(C=C(C)c1ccccc1O)C1=C=C(C)C(N)=CC=CC(CC[N+]2(CC)C=CN=C2CCC)C(=C)C1. The molecule has 1 heterocycles. The highest BCUT2D eigenvalue weighted by Gasteiger charge is 2.33. The van der Waals surface area contributed by atoms with E-state index in [4.69, 9.17) is 10.7 Å². The highest BCUT2D eigenvalue weighted by Crippen LogP contribution is 2.32. The lowest BCUT2D eigenvalue weighted by molar-refractivity contribution is -0.786. The number of aliphatic imine (C=N–C) groups is 1. The Bertz CT molecular complexity index is 1260. The minimum absolute atomic E-state index is 0.189. The van der Waals surface area contributed by atoms with Crippen molar-refractivity contribution in [2.75, 3.05) is 13.1 Å². The molecule has 1 aromatic carbocycles. The number of aromatic hydroxyl groups is 1. The summed E-state index contributed by atoms with van der Waals surface area (Å²) in [5.74, 6) is 1.70. The van der Waals surface area contributed by atoms with Crippen LogP contribution in [0, 0.1) is 5.92 Å². The monoisotopic (exact) mass is 496 g/mol. The summed E-state index contributed by atoms with van der Waals surface area (Å²) in [6.45, 7) is 19.2. The molecule has 0 amide bonds. The molecule has 0 aromatic heterocycles. The van der Waals surface area contributed by atoms with E-state index < -0.39 is 0 Å². The smallest absolute Gasteiger partial charge is 0.207 e. The van der Waals surface area contributed by atoms with Gasteiger partial charge in [0.2, 0.25) is 5.84 Å². The molecule has 1 aliphatic heterocycles. The van der Waals surface area contributed by atoms with Gasteiger partial charge in [-0.3, -0.25) is 4.48 Å². The Kier molecular flexibility index (Phi) is 9.52. The van der Waals surface area contributed by atoms with Crippen molar-refractivity contribution in [2.24, 2.45) is 16.6 Å². The van der Waals surface area contributed by atoms with Crippen LogP contribution in [0.5, 0.6) is 5.75 Å². The van der Waals surface area contributed by atoms with Gasteiger partial charge in [0.1, 0.15) is 11.9 Å². The van der Waals surface area contributed by atoms with Crippen LogP contribution < -0.4 is 5.73 Å². The lowest BCUT2D eigenvalue weighted by Gasteiger charge is -2.32. The Morgan fingerprint density at radius 1 is 1.30 bits per heavy atom. The third-order valence-corrected chi connectivity index (χ3v) is 7.39. The minimum Gasteiger partial charge on any atom is -0.507 e. The van der Waals surface area contributed by atoms with Gasteiger partial charge < -0.3 is 10.8 Å². The topological polar surface area (TPSA) is 58.6 Å². The molecule has 0 saturated carbocycles. The van der Waals surface area contributed by atoms with Crippen molar-refractivity contribution >= 4 is 11.4 Å². The number of hydrogen-bond acceptors (Lipinski definition) is 3. The fourth-order valence-corrected chi connectivity index (χ4v) is 4.96. The van der Waals surface area contributed by atoms with Crippen LogP contribution in [0.1, 0.15) is 58.9 Å². The maximum absolute atomic E-state index is 10.3. The standard InChI is InChI=1S/C33H41N3O/c1-7-12-33-35-18-20-36(33,8-2)19-17-28-13-11-15-31(34)27(6)23-29(22-25(28)4)24(3)21-26(5)30-14-9-10-16-32(30)37/h9-11,13-16,18,20-21,28H,3-4,7-8,12,17,19,22,34H2,1-2,5-6H3/p+1. The molecule has 0 fully saturated rings. The van der Waals surface area contributed by atoms with Crippen molar-refractivity contribution in [3.8, 4) is 5.75 Å². The van der Waals surface area contributed by atoms with Crippen molar-refractivity contribution in [1.82, 2.24) is 0 Å². The Morgan fingerprint density at radius 2 is 2.05 bits per heavy atom. The molecule has 2 aliphatic rings. The predicted octanol–water partition coefficient (Wildman–Crippen LogP) is 7.71. The van der Waals surface area contributed by atoms with Gasteiger partial charge >= 0.3 is 0 Å². The van der Waals surface area contributed by atoms with Gasteiger partial charge in [-0.2, -0.15) is 0 Å². The van der Waals surface area contributed by atoms with Gasteiger partial charge in [-0.25, -0.2) is 4.99 Å². The summed E-state index contributed by atoms with van der Waals surface area (Å²) in [6, 6.07) is 7.35. The molecule has 1 aromatic rings. The van der Waals surface area contributed by atoms with E-state index in [2.05, 4.69) is 51.1 Å². The quantitative estimate of drug-likeness (QED) is 0.159. The van der Waals surface area contributed by atoms with Crippen LogP contribution in [-0.2, 0) is 0 Å². The summed E-state index contributed by atoms with van der Waals surface area (Å²) in [7, 11) is 0. The maximum Gasteiger partial charge on any atom is 0.207 e. The first-order valence-corrected chi connectivity index (χ1v) is 13.3. The molecule has 0 spiro atoms.